The Labute approximate surface area is 150 Å². The average molecular weight is 348 g/mol. The SMILES string of the molecule is Cn1ccc2c(OC3CCN(c4ncnc5nc[nH]c45)CC3)cccc21. The van der Waals surface area contributed by atoms with Gasteiger partial charge in [-0.05, 0) is 18.2 Å². The molecule has 1 saturated heterocycles. The Kier molecular flexibility index (Phi) is 3.51. The van der Waals surface area contributed by atoms with Crippen molar-refractivity contribution in [2.75, 3.05) is 18.0 Å². The summed E-state index contributed by atoms with van der Waals surface area (Å²) in [4.78, 5) is 18.3. The van der Waals surface area contributed by atoms with Gasteiger partial charge in [-0.2, -0.15) is 0 Å². The lowest BCUT2D eigenvalue weighted by Gasteiger charge is -2.33. The lowest BCUT2D eigenvalue weighted by molar-refractivity contribution is 0.173. The molecule has 0 atom stereocenters. The van der Waals surface area contributed by atoms with Gasteiger partial charge in [-0.1, -0.05) is 6.07 Å². The molecule has 3 aromatic heterocycles. The van der Waals surface area contributed by atoms with E-state index in [4.69, 9.17) is 4.74 Å². The summed E-state index contributed by atoms with van der Waals surface area (Å²) in [5, 5.41) is 1.17. The number of aromatic nitrogens is 5. The number of piperidine rings is 1. The van der Waals surface area contributed by atoms with Crippen molar-refractivity contribution in [2.45, 2.75) is 18.9 Å². The number of aryl methyl sites for hydroxylation is 1. The van der Waals surface area contributed by atoms with Gasteiger partial charge in [0.2, 0.25) is 0 Å². The zero-order chi connectivity index (χ0) is 17.5. The Morgan fingerprint density at radius 2 is 2.00 bits per heavy atom. The number of rotatable bonds is 3. The molecule has 1 N–H and O–H groups in total. The Balaban J connectivity index is 1.32. The fourth-order valence-corrected chi connectivity index (χ4v) is 3.73. The lowest BCUT2D eigenvalue weighted by atomic mass is 10.1. The van der Waals surface area contributed by atoms with Gasteiger partial charge in [-0.25, -0.2) is 15.0 Å². The molecule has 0 amide bonds. The number of hydrogen-bond donors (Lipinski definition) is 1. The minimum Gasteiger partial charge on any atom is -0.490 e. The van der Waals surface area contributed by atoms with Crippen LogP contribution in [-0.2, 0) is 7.05 Å². The average Bonchev–Trinajstić information content (AvgIpc) is 3.30. The normalized spacial score (nSPS) is 15.8. The van der Waals surface area contributed by atoms with Crippen molar-refractivity contribution in [1.82, 2.24) is 24.5 Å². The molecule has 132 valence electrons. The summed E-state index contributed by atoms with van der Waals surface area (Å²) < 4.78 is 8.47. The number of ether oxygens (including phenoxy) is 1. The third-order valence-corrected chi connectivity index (χ3v) is 5.13. The number of fused-ring (bicyclic) bond motifs is 2. The molecule has 5 rings (SSSR count). The maximum atomic E-state index is 6.35. The third-order valence-electron chi connectivity index (χ3n) is 5.13. The van der Waals surface area contributed by atoms with Crippen LogP contribution in [0.1, 0.15) is 12.8 Å². The number of nitrogens with one attached hydrogen (secondary N) is 1. The Bertz CT molecular complexity index is 1060. The van der Waals surface area contributed by atoms with Crippen molar-refractivity contribution in [3.63, 3.8) is 0 Å². The molecule has 4 aromatic rings. The van der Waals surface area contributed by atoms with Crippen molar-refractivity contribution < 1.29 is 4.74 Å². The van der Waals surface area contributed by atoms with Crippen LogP contribution in [-0.4, -0.2) is 43.7 Å². The van der Waals surface area contributed by atoms with E-state index in [-0.39, 0.29) is 6.10 Å². The Hall–Kier alpha value is -3.09. The number of anilines is 1. The highest BCUT2D eigenvalue weighted by atomic mass is 16.5. The number of aromatic amines is 1. The maximum Gasteiger partial charge on any atom is 0.182 e. The Morgan fingerprint density at radius 1 is 1.12 bits per heavy atom. The van der Waals surface area contributed by atoms with E-state index in [1.807, 2.05) is 0 Å². The number of hydrogen-bond acceptors (Lipinski definition) is 5. The van der Waals surface area contributed by atoms with Crippen molar-refractivity contribution in [1.29, 1.82) is 0 Å². The zero-order valence-electron chi connectivity index (χ0n) is 14.6. The van der Waals surface area contributed by atoms with Crippen LogP contribution in [0.15, 0.2) is 43.1 Å². The summed E-state index contributed by atoms with van der Waals surface area (Å²) in [5.41, 5.74) is 2.81. The molecule has 26 heavy (non-hydrogen) atoms. The first-order valence-electron chi connectivity index (χ1n) is 8.89. The zero-order valence-corrected chi connectivity index (χ0v) is 14.6. The van der Waals surface area contributed by atoms with Gasteiger partial charge in [0.1, 0.15) is 23.7 Å². The van der Waals surface area contributed by atoms with E-state index < -0.39 is 0 Å². The minimum atomic E-state index is 0.219. The van der Waals surface area contributed by atoms with Gasteiger partial charge in [0.15, 0.2) is 11.5 Å². The highest BCUT2D eigenvalue weighted by molar-refractivity contribution is 5.86. The molecule has 0 spiro atoms. The topological polar surface area (TPSA) is 71.9 Å². The predicted molar refractivity (Wildman–Crippen MR) is 100 cm³/mol. The van der Waals surface area contributed by atoms with Gasteiger partial charge in [0, 0.05) is 44.6 Å². The van der Waals surface area contributed by atoms with Gasteiger partial charge in [-0.15, -0.1) is 0 Å². The number of imidazole rings is 1. The van der Waals surface area contributed by atoms with E-state index in [0.29, 0.717) is 5.65 Å². The van der Waals surface area contributed by atoms with Gasteiger partial charge in [-0.3, -0.25) is 0 Å². The third kappa shape index (κ3) is 2.47. The van der Waals surface area contributed by atoms with Crippen LogP contribution in [0.2, 0.25) is 0 Å². The van der Waals surface area contributed by atoms with Crippen LogP contribution in [0, 0.1) is 0 Å². The molecule has 7 nitrogen and oxygen atoms in total. The van der Waals surface area contributed by atoms with Gasteiger partial charge in [0.25, 0.3) is 0 Å². The first-order chi connectivity index (χ1) is 12.8. The van der Waals surface area contributed by atoms with E-state index in [0.717, 1.165) is 43.0 Å². The molecule has 4 heterocycles. The Morgan fingerprint density at radius 3 is 2.88 bits per heavy atom. The molecule has 7 heteroatoms. The lowest BCUT2D eigenvalue weighted by Crippen LogP contribution is -2.38. The van der Waals surface area contributed by atoms with Crippen LogP contribution < -0.4 is 9.64 Å². The van der Waals surface area contributed by atoms with E-state index >= 15 is 0 Å². The molecular formula is C19H20N6O. The second-order valence-corrected chi connectivity index (χ2v) is 6.72. The van der Waals surface area contributed by atoms with E-state index in [1.54, 1.807) is 12.7 Å². The molecule has 1 aromatic carbocycles. The summed E-state index contributed by atoms with van der Waals surface area (Å²) in [6.45, 7) is 1.81. The molecule has 1 aliphatic heterocycles. The quantitative estimate of drug-likeness (QED) is 0.616. The highest BCUT2D eigenvalue weighted by Gasteiger charge is 2.24. The maximum absolute atomic E-state index is 6.35. The van der Waals surface area contributed by atoms with Crippen molar-refractivity contribution in [2.24, 2.45) is 7.05 Å². The second-order valence-electron chi connectivity index (χ2n) is 6.72. The highest BCUT2D eigenvalue weighted by Crippen LogP contribution is 2.30. The van der Waals surface area contributed by atoms with Crippen LogP contribution in [0.25, 0.3) is 22.1 Å². The van der Waals surface area contributed by atoms with Gasteiger partial charge >= 0.3 is 0 Å². The van der Waals surface area contributed by atoms with Crippen molar-refractivity contribution in [3.05, 3.63) is 43.1 Å². The van der Waals surface area contributed by atoms with Gasteiger partial charge in [0.05, 0.1) is 11.8 Å². The summed E-state index contributed by atoms with van der Waals surface area (Å²) in [5.74, 6) is 1.90. The van der Waals surface area contributed by atoms with Crippen molar-refractivity contribution >= 4 is 27.9 Å². The summed E-state index contributed by atoms with van der Waals surface area (Å²) in [7, 11) is 2.06. The molecule has 0 unspecified atom stereocenters. The molecule has 1 aliphatic rings. The molecule has 1 fully saturated rings. The van der Waals surface area contributed by atoms with Gasteiger partial charge < -0.3 is 19.2 Å². The molecular weight excluding hydrogens is 328 g/mol. The second kappa shape index (κ2) is 6.01. The van der Waals surface area contributed by atoms with Crippen LogP contribution >= 0.6 is 0 Å². The van der Waals surface area contributed by atoms with E-state index in [1.165, 1.54) is 10.9 Å². The number of nitrogens with zero attached hydrogens (tertiary/aromatic N) is 5. The molecule has 0 radical (unpaired) electrons. The largest absolute Gasteiger partial charge is 0.490 e. The number of H-pyrrole nitrogens is 1. The minimum absolute atomic E-state index is 0.219. The van der Waals surface area contributed by atoms with Crippen molar-refractivity contribution in [3.8, 4) is 5.75 Å². The molecule has 0 aliphatic carbocycles. The van der Waals surface area contributed by atoms with Crippen LogP contribution in [0.4, 0.5) is 5.82 Å². The van der Waals surface area contributed by atoms with E-state index in [9.17, 15) is 0 Å². The predicted octanol–water partition coefficient (Wildman–Crippen LogP) is 2.89. The number of benzene rings is 1. The monoisotopic (exact) mass is 348 g/mol. The summed E-state index contributed by atoms with van der Waals surface area (Å²) in [6.07, 6.45) is 7.46. The molecule has 0 bridgehead atoms. The fraction of sp³-hybridized carbons (Fsp3) is 0.316. The summed E-state index contributed by atoms with van der Waals surface area (Å²) >= 11 is 0. The first kappa shape index (κ1) is 15.2. The summed E-state index contributed by atoms with van der Waals surface area (Å²) in [6, 6.07) is 8.36. The smallest absolute Gasteiger partial charge is 0.182 e. The van der Waals surface area contributed by atoms with Crippen LogP contribution in [0.5, 0.6) is 5.75 Å². The van der Waals surface area contributed by atoms with Crippen LogP contribution in [0.3, 0.4) is 0 Å². The first-order valence-corrected chi connectivity index (χ1v) is 8.89. The molecule has 0 saturated carbocycles. The standard InChI is InChI=1S/C19H20N6O/c1-24-8-7-14-15(24)3-2-4-16(14)26-13-5-9-25(10-6-13)19-17-18(21-11-20-17)22-12-23-19/h2-4,7-8,11-13H,5-6,9-10H2,1H3,(H,20,21,22,23). The fourth-order valence-electron chi connectivity index (χ4n) is 3.73. The van der Waals surface area contributed by atoms with E-state index in [2.05, 4.69) is 66.9 Å².